The van der Waals surface area contributed by atoms with Crippen LogP contribution in [0.15, 0.2) is 11.1 Å². The summed E-state index contributed by atoms with van der Waals surface area (Å²) in [5.74, 6) is -0.998. The molecule has 0 spiro atoms. The van der Waals surface area contributed by atoms with Gasteiger partial charge in [0, 0.05) is 13.2 Å². The summed E-state index contributed by atoms with van der Waals surface area (Å²) in [5.41, 5.74) is -0.558. The smallest absolute Gasteiger partial charge is 0.360 e. The number of aromatic nitrogens is 2. The lowest BCUT2D eigenvalue weighted by molar-refractivity contribution is 0.0588. The van der Waals surface area contributed by atoms with E-state index < -0.39 is 26.8 Å². The minimum absolute atomic E-state index is 0.558. The van der Waals surface area contributed by atoms with Crippen molar-refractivity contribution in [3.8, 4) is 0 Å². The standard InChI is InChI=1S/C6H7FN2O4S/c1-9-3-4(14(7,11)12)5(8-9)6(10)13-2/h3H,1-2H3. The maximum atomic E-state index is 12.6. The molecule has 0 N–H and O–H groups in total. The summed E-state index contributed by atoms with van der Waals surface area (Å²) < 4.78 is 39.0. The molecule has 1 aromatic rings. The molecular formula is C6H7FN2O4S. The zero-order chi connectivity index (χ0) is 10.9. The van der Waals surface area contributed by atoms with Gasteiger partial charge in [-0.05, 0) is 0 Å². The van der Waals surface area contributed by atoms with Gasteiger partial charge in [-0.25, -0.2) is 4.79 Å². The highest BCUT2D eigenvalue weighted by Gasteiger charge is 2.26. The van der Waals surface area contributed by atoms with Crippen LogP contribution < -0.4 is 0 Å². The van der Waals surface area contributed by atoms with Crippen LogP contribution in [0.4, 0.5) is 3.89 Å². The number of carbonyl (C=O) groups is 1. The van der Waals surface area contributed by atoms with Crippen molar-refractivity contribution in [2.45, 2.75) is 4.90 Å². The number of methoxy groups -OCH3 is 1. The van der Waals surface area contributed by atoms with E-state index in [2.05, 4.69) is 9.84 Å². The summed E-state index contributed by atoms with van der Waals surface area (Å²) in [6, 6.07) is 0. The van der Waals surface area contributed by atoms with Crippen LogP contribution >= 0.6 is 0 Å². The molecule has 1 heterocycles. The molecule has 0 aromatic carbocycles. The third-order valence-electron chi connectivity index (χ3n) is 1.44. The number of esters is 1. The minimum atomic E-state index is -4.95. The number of nitrogens with zero attached hydrogens (tertiary/aromatic N) is 2. The number of carbonyl (C=O) groups excluding carboxylic acids is 1. The van der Waals surface area contributed by atoms with Crippen molar-refractivity contribution < 1.29 is 21.8 Å². The molecule has 0 radical (unpaired) electrons. The Morgan fingerprint density at radius 3 is 2.64 bits per heavy atom. The van der Waals surface area contributed by atoms with E-state index in [4.69, 9.17) is 0 Å². The lowest BCUT2D eigenvalue weighted by Gasteiger charge is -1.94. The Hall–Kier alpha value is -1.44. The van der Waals surface area contributed by atoms with Crippen molar-refractivity contribution in [3.05, 3.63) is 11.9 Å². The second-order valence-electron chi connectivity index (χ2n) is 2.45. The molecule has 0 aliphatic carbocycles. The van der Waals surface area contributed by atoms with E-state index in [1.807, 2.05) is 0 Å². The zero-order valence-electron chi connectivity index (χ0n) is 7.39. The van der Waals surface area contributed by atoms with Crippen molar-refractivity contribution in [3.63, 3.8) is 0 Å². The molecule has 0 saturated heterocycles. The Kier molecular flexibility index (Phi) is 2.56. The number of ether oxygens (including phenoxy) is 1. The predicted octanol–water partition coefficient (Wildman–Crippen LogP) is -0.135. The third-order valence-corrected chi connectivity index (χ3v) is 2.26. The molecule has 14 heavy (non-hydrogen) atoms. The Balaban J connectivity index is 3.38. The Labute approximate surface area is 79.5 Å². The van der Waals surface area contributed by atoms with Gasteiger partial charge >= 0.3 is 16.2 Å². The molecule has 0 atom stereocenters. The predicted molar refractivity (Wildman–Crippen MR) is 42.8 cm³/mol. The van der Waals surface area contributed by atoms with Crippen LogP contribution in [0.25, 0.3) is 0 Å². The third kappa shape index (κ3) is 1.90. The molecule has 8 heteroatoms. The summed E-state index contributed by atoms with van der Waals surface area (Å²) in [6.07, 6.45) is 0.890. The lowest BCUT2D eigenvalue weighted by atomic mass is 10.4. The molecule has 78 valence electrons. The molecule has 0 aliphatic heterocycles. The molecular weight excluding hydrogens is 215 g/mol. The molecule has 0 aliphatic rings. The van der Waals surface area contributed by atoms with Gasteiger partial charge in [-0.1, -0.05) is 0 Å². The van der Waals surface area contributed by atoms with Crippen LogP contribution in [0.5, 0.6) is 0 Å². The second-order valence-corrected chi connectivity index (χ2v) is 3.76. The van der Waals surface area contributed by atoms with E-state index in [1.54, 1.807) is 0 Å². The first-order valence-corrected chi connectivity index (χ1v) is 4.81. The number of halogens is 1. The number of hydrogen-bond donors (Lipinski definition) is 0. The Bertz CT molecular complexity index is 464. The van der Waals surface area contributed by atoms with Gasteiger partial charge in [-0.2, -0.15) is 13.5 Å². The maximum Gasteiger partial charge on any atom is 0.360 e. The number of aryl methyl sites for hydroxylation is 1. The highest BCUT2D eigenvalue weighted by Crippen LogP contribution is 2.16. The van der Waals surface area contributed by atoms with E-state index in [9.17, 15) is 17.1 Å². The normalized spacial score (nSPS) is 11.4. The summed E-state index contributed by atoms with van der Waals surface area (Å²) in [5, 5.41) is 3.47. The van der Waals surface area contributed by atoms with Gasteiger partial charge in [0.25, 0.3) is 0 Å². The fourth-order valence-corrected chi connectivity index (χ4v) is 1.52. The fourth-order valence-electron chi connectivity index (χ4n) is 0.883. The van der Waals surface area contributed by atoms with Gasteiger partial charge in [0.2, 0.25) is 0 Å². The van der Waals surface area contributed by atoms with Gasteiger partial charge < -0.3 is 4.74 Å². The quantitative estimate of drug-likeness (QED) is 0.514. The summed E-state index contributed by atoms with van der Waals surface area (Å²) in [7, 11) is -2.54. The van der Waals surface area contributed by atoms with Crippen molar-refractivity contribution >= 4 is 16.2 Å². The lowest BCUT2D eigenvalue weighted by Crippen LogP contribution is -2.07. The summed E-state index contributed by atoms with van der Waals surface area (Å²) in [4.78, 5) is 10.2. The average Bonchev–Trinajstić information content (AvgIpc) is 2.45. The van der Waals surface area contributed by atoms with Gasteiger partial charge in [0.1, 0.15) is 0 Å². The Morgan fingerprint density at radius 2 is 2.21 bits per heavy atom. The molecule has 0 bridgehead atoms. The van der Waals surface area contributed by atoms with Gasteiger partial charge in [0.15, 0.2) is 10.6 Å². The van der Waals surface area contributed by atoms with E-state index in [0.29, 0.717) is 0 Å². The summed E-state index contributed by atoms with van der Waals surface area (Å²) >= 11 is 0. The molecule has 6 nitrogen and oxygen atoms in total. The van der Waals surface area contributed by atoms with Crippen LogP contribution in [-0.4, -0.2) is 31.3 Å². The zero-order valence-corrected chi connectivity index (χ0v) is 8.21. The Morgan fingerprint density at radius 1 is 1.64 bits per heavy atom. The molecule has 0 unspecified atom stereocenters. The van der Waals surface area contributed by atoms with E-state index in [1.165, 1.54) is 7.05 Å². The second kappa shape index (κ2) is 3.37. The van der Waals surface area contributed by atoms with Crippen molar-refractivity contribution in [2.75, 3.05) is 7.11 Å². The van der Waals surface area contributed by atoms with Crippen molar-refractivity contribution in [1.82, 2.24) is 9.78 Å². The fraction of sp³-hybridized carbons (Fsp3) is 0.333. The van der Waals surface area contributed by atoms with E-state index in [-0.39, 0.29) is 0 Å². The van der Waals surface area contributed by atoms with Gasteiger partial charge in [-0.3, -0.25) is 4.68 Å². The first-order valence-electron chi connectivity index (χ1n) is 3.43. The monoisotopic (exact) mass is 222 g/mol. The van der Waals surface area contributed by atoms with Crippen molar-refractivity contribution in [2.24, 2.45) is 7.05 Å². The first kappa shape index (κ1) is 10.6. The largest absolute Gasteiger partial charge is 0.464 e. The van der Waals surface area contributed by atoms with E-state index in [0.717, 1.165) is 18.0 Å². The minimum Gasteiger partial charge on any atom is -0.464 e. The van der Waals surface area contributed by atoms with Crippen molar-refractivity contribution in [1.29, 1.82) is 0 Å². The van der Waals surface area contributed by atoms with Crippen LogP contribution in [0.1, 0.15) is 10.5 Å². The molecule has 1 aromatic heterocycles. The van der Waals surface area contributed by atoms with Crippen LogP contribution in [0, 0.1) is 0 Å². The average molecular weight is 222 g/mol. The number of hydrogen-bond acceptors (Lipinski definition) is 5. The molecule has 1 rings (SSSR count). The SMILES string of the molecule is COC(=O)c1nn(C)cc1S(=O)(=O)F. The number of rotatable bonds is 2. The molecule has 0 fully saturated rings. The van der Waals surface area contributed by atoms with Gasteiger partial charge in [0.05, 0.1) is 7.11 Å². The van der Waals surface area contributed by atoms with Crippen LogP contribution in [0.3, 0.4) is 0 Å². The molecule has 0 amide bonds. The highest BCUT2D eigenvalue weighted by molar-refractivity contribution is 7.86. The van der Waals surface area contributed by atoms with E-state index >= 15 is 0 Å². The van der Waals surface area contributed by atoms with Crippen LogP contribution in [0.2, 0.25) is 0 Å². The summed E-state index contributed by atoms with van der Waals surface area (Å²) in [6.45, 7) is 0. The molecule has 0 saturated carbocycles. The highest BCUT2D eigenvalue weighted by atomic mass is 32.3. The maximum absolute atomic E-state index is 12.6. The first-order chi connectivity index (χ1) is 6.36. The topological polar surface area (TPSA) is 78.3 Å². The van der Waals surface area contributed by atoms with Crippen LogP contribution in [-0.2, 0) is 22.0 Å². The van der Waals surface area contributed by atoms with Gasteiger partial charge in [-0.15, -0.1) is 3.89 Å².